The van der Waals surface area contributed by atoms with Crippen LogP contribution in [0.5, 0.6) is 0 Å². The number of halogens is 1. The number of rotatable bonds is 2. The van der Waals surface area contributed by atoms with Crippen LogP contribution in [0.4, 0.5) is 9.18 Å². The van der Waals surface area contributed by atoms with Gasteiger partial charge in [-0.15, -0.1) is 0 Å². The summed E-state index contributed by atoms with van der Waals surface area (Å²) in [4.78, 5) is 17.7. The zero-order valence-electron chi connectivity index (χ0n) is 16.9. The largest absolute Gasteiger partial charge is 0.334 e. The summed E-state index contributed by atoms with van der Waals surface area (Å²) in [6, 6.07) is 14.1. The van der Waals surface area contributed by atoms with Crippen molar-refractivity contribution in [3.8, 4) is 6.07 Å². The average Bonchev–Trinajstić information content (AvgIpc) is 2.79. The summed E-state index contributed by atoms with van der Waals surface area (Å²) >= 11 is 0. The summed E-state index contributed by atoms with van der Waals surface area (Å²) in [6.45, 7) is 3.76. The van der Waals surface area contributed by atoms with E-state index >= 15 is 0 Å². The van der Waals surface area contributed by atoms with E-state index in [1.165, 1.54) is 12.1 Å². The fraction of sp³-hybridized carbons (Fsp3) is 0.417. The van der Waals surface area contributed by atoms with Crippen molar-refractivity contribution in [1.29, 1.82) is 5.26 Å². The first-order valence-corrected chi connectivity index (χ1v) is 10.7. The zero-order valence-corrected chi connectivity index (χ0v) is 16.9. The number of hydrogen-bond donors (Lipinski definition) is 1. The molecule has 0 unspecified atom stereocenters. The van der Waals surface area contributed by atoms with E-state index in [-0.39, 0.29) is 23.9 Å². The van der Waals surface area contributed by atoms with Gasteiger partial charge in [0, 0.05) is 19.1 Å². The van der Waals surface area contributed by atoms with Crippen LogP contribution in [0.15, 0.2) is 42.5 Å². The molecule has 30 heavy (non-hydrogen) atoms. The molecule has 2 bridgehead atoms. The summed E-state index contributed by atoms with van der Waals surface area (Å²) in [5.41, 5.74) is 3.59. The van der Waals surface area contributed by atoms with Crippen molar-refractivity contribution in [2.45, 2.75) is 31.3 Å². The minimum atomic E-state index is -0.294. The third-order valence-electron chi connectivity index (χ3n) is 6.91. The van der Waals surface area contributed by atoms with Crippen LogP contribution in [0.25, 0.3) is 0 Å². The molecule has 2 atom stereocenters. The van der Waals surface area contributed by atoms with Gasteiger partial charge in [0.15, 0.2) is 0 Å². The normalized spacial score (nSPS) is 27.3. The van der Waals surface area contributed by atoms with Gasteiger partial charge >= 0.3 is 6.03 Å². The Morgan fingerprint density at radius 2 is 1.87 bits per heavy atom. The van der Waals surface area contributed by atoms with E-state index in [0.29, 0.717) is 24.4 Å². The minimum absolute atomic E-state index is 0.0573. The van der Waals surface area contributed by atoms with Crippen LogP contribution in [0, 0.1) is 23.1 Å². The number of hydrogen-bond acceptors (Lipinski definition) is 3. The Balaban J connectivity index is 1.46. The molecule has 6 heteroatoms. The Hall–Kier alpha value is -2.91. The highest BCUT2D eigenvalue weighted by Gasteiger charge is 2.38. The molecule has 3 saturated heterocycles. The zero-order chi connectivity index (χ0) is 20.7. The van der Waals surface area contributed by atoms with Crippen LogP contribution in [0.2, 0.25) is 0 Å². The molecule has 0 aliphatic carbocycles. The van der Waals surface area contributed by atoms with Crippen LogP contribution < -0.4 is 5.32 Å². The van der Waals surface area contributed by atoms with E-state index in [2.05, 4.69) is 16.3 Å². The molecule has 4 aliphatic heterocycles. The predicted octanol–water partition coefficient (Wildman–Crippen LogP) is 3.45. The molecule has 0 saturated carbocycles. The maximum absolute atomic E-state index is 13.6. The van der Waals surface area contributed by atoms with E-state index in [9.17, 15) is 14.4 Å². The molecule has 2 amide bonds. The SMILES string of the molecule is N#Cc1ccc2c(c1)CCN(C(=O)N[C@@H]1CN3CCC1CC3)[C@H]2c1ccc(F)cc1. The Morgan fingerprint density at radius 1 is 1.10 bits per heavy atom. The van der Waals surface area contributed by atoms with E-state index in [1.807, 2.05) is 17.0 Å². The fourth-order valence-corrected chi connectivity index (χ4v) is 5.29. The van der Waals surface area contributed by atoms with E-state index < -0.39 is 0 Å². The van der Waals surface area contributed by atoms with Crippen molar-refractivity contribution >= 4 is 6.03 Å². The topological polar surface area (TPSA) is 59.4 Å². The molecule has 0 spiro atoms. The molecule has 0 aromatic heterocycles. The highest BCUT2D eigenvalue weighted by atomic mass is 19.1. The maximum atomic E-state index is 13.6. The lowest BCUT2D eigenvalue weighted by atomic mass is 9.84. The number of amides is 2. The Morgan fingerprint density at radius 3 is 2.53 bits per heavy atom. The lowest BCUT2D eigenvalue weighted by Gasteiger charge is -2.46. The van der Waals surface area contributed by atoms with Gasteiger partial charge in [0.2, 0.25) is 0 Å². The molecule has 4 heterocycles. The summed E-state index contributed by atoms with van der Waals surface area (Å²) in [6.07, 6.45) is 2.99. The fourth-order valence-electron chi connectivity index (χ4n) is 5.29. The number of fused-ring (bicyclic) bond motifs is 4. The minimum Gasteiger partial charge on any atom is -0.334 e. The first kappa shape index (κ1) is 19.1. The van der Waals surface area contributed by atoms with Crippen molar-refractivity contribution in [2.24, 2.45) is 5.92 Å². The third-order valence-corrected chi connectivity index (χ3v) is 6.91. The molecule has 4 aliphatic rings. The second-order valence-corrected chi connectivity index (χ2v) is 8.62. The summed E-state index contributed by atoms with van der Waals surface area (Å²) in [5, 5.41) is 12.6. The molecule has 2 aromatic rings. The van der Waals surface area contributed by atoms with E-state index in [4.69, 9.17) is 0 Å². The molecular formula is C24H25FN4O. The van der Waals surface area contributed by atoms with Gasteiger partial charge in [-0.2, -0.15) is 5.26 Å². The van der Waals surface area contributed by atoms with Gasteiger partial charge < -0.3 is 15.1 Å². The lowest BCUT2D eigenvalue weighted by molar-refractivity contribution is 0.0715. The number of nitriles is 1. The first-order chi connectivity index (χ1) is 14.6. The van der Waals surface area contributed by atoms with Gasteiger partial charge in [0.05, 0.1) is 17.7 Å². The quantitative estimate of drug-likeness (QED) is 0.834. The molecule has 3 fully saturated rings. The average molecular weight is 404 g/mol. The number of urea groups is 1. The number of benzene rings is 2. The van der Waals surface area contributed by atoms with Gasteiger partial charge in [-0.1, -0.05) is 18.2 Å². The van der Waals surface area contributed by atoms with Crippen molar-refractivity contribution in [3.05, 3.63) is 70.5 Å². The summed E-state index contributed by atoms with van der Waals surface area (Å²) in [5.74, 6) is 0.261. The van der Waals surface area contributed by atoms with Crippen LogP contribution in [0.3, 0.4) is 0 Å². The second-order valence-electron chi connectivity index (χ2n) is 8.62. The smallest absolute Gasteiger partial charge is 0.318 e. The monoisotopic (exact) mass is 404 g/mol. The van der Waals surface area contributed by atoms with Crippen molar-refractivity contribution < 1.29 is 9.18 Å². The van der Waals surface area contributed by atoms with Crippen LogP contribution in [-0.4, -0.2) is 48.1 Å². The van der Waals surface area contributed by atoms with Crippen LogP contribution >= 0.6 is 0 Å². The number of nitrogens with one attached hydrogen (secondary N) is 1. The van der Waals surface area contributed by atoms with Crippen molar-refractivity contribution in [1.82, 2.24) is 15.1 Å². The molecular weight excluding hydrogens is 379 g/mol. The second kappa shape index (κ2) is 7.73. The predicted molar refractivity (Wildman–Crippen MR) is 111 cm³/mol. The Kier molecular flexibility index (Phi) is 4.92. The number of nitrogens with zero attached hydrogens (tertiary/aromatic N) is 3. The van der Waals surface area contributed by atoms with E-state index in [1.54, 1.807) is 18.2 Å². The van der Waals surface area contributed by atoms with Crippen LogP contribution in [0.1, 0.15) is 41.1 Å². The van der Waals surface area contributed by atoms with Gasteiger partial charge in [-0.25, -0.2) is 9.18 Å². The molecule has 2 aromatic carbocycles. The molecule has 5 nitrogen and oxygen atoms in total. The first-order valence-electron chi connectivity index (χ1n) is 10.7. The standard InChI is InChI=1S/C24H25FN4O/c25-20-4-2-18(3-5-20)23-21-6-1-16(14-26)13-19(21)9-12-29(23)24(30)27-22-15-28-10-7-17(22)8-11-28/h1-6,13,17,22-23H,7-12,15H2,(H,27,30)/t22-,23+/m1/s1. The highest BCUT2D eigenvalue weighted by Crippen LogP contribution is 2.36. The Labute approximate surface area is 176 Å². The molecule has 1 N–H and O–H groups in total. The van der Waals surface area contributed by atoms with Gasteiger partial charge in [-0.05, 0) is 79.2 Å². The molecule has 6 rings (SSSR count). The maximum Gasteiger partial charge on any atom is 0.318 e. The van der Waals surface area contributed by atoms with Gasteiger partial charge in [0.1, 0.15) is 5.82 Å². The Bertz CT molecular complexity index is 991. The molecule has 154 valence electrons. The van der Waals surface area contributed by atoms with Crippen molar-refractivity contribution in [2.75, 3.05) is 26.2 Å². The number of carbonyl (C=O) groups is 1. The van der Waals surface area contributed by atoms with Crippen molar-refractivity contribution in [3.63, 3.8) is 0 Å². The number of piperidine rings is 3. The van der Waals surface area contributed by atoms with Gasteiger partial charge in [-0.3, -0.25) is 0 Å². The van der Waals surface area contributed by atoms with Crippen LogP contribution in [-0.2, 0) is 6.42 Å². The third kappa shape index (κ3) is 3.44. The lowest BCUT2D eigenvalue weighted by Crippen LogP contribution is -2.59. The van der Waals surface area contributed by atoms with Gasteiger partial charge in [0.25, 0.3) is 0 Å². The number of carbonyl (C=O) groups excluding carboxylic acids is 1. The molecule has 0 radical (unpaired) electrons. The highest BCUT2D eigenvalue weighted by molar-refractivity contribution is 5.76. The summed E-state index contributed by atoms with van der Waals surface area (Å²) < 4.78 is 13.6. The summed E-state index contributed by atoms with van der Waals surface area (Å²) in [7, 11) is 0. The van der Waals surface area contributed by atoms with E-state index in [0.717, 1.165) is 49.2 Å².